The molecule has 0 saturated heterocycles. The molecule has 0 amide bonds. The fourth-order valence-corrected chi connectivity index (χ4v) is 2.51. The number of nitrogens with zero attached hydrogens (tertiary/aromatic N) is 2. The molecular weight excluding hydrogens is 235 g/mol. The zero-order valence-electron chi connectivity index (χ0n) is 9.77. The van der Waals surface area contributed by atoms with Crippen LogP contribution in [0.15, 0.2) is 41.6 Å². The monoisotopic (exact) mass is 250 g/mol. The van der Waals surface area contributed by atoms with Gasteiger partial charge in [0, 0.05) is 18.1 Å². The van der Waals surface area contributed by atoms with E-state index in [9.17, 15) is 4.39 Å². The lowest BCUT2D eigenvalue weighted by Gasteiger charge is -2.02. The molecule has 90 valence electrons. The summed E-state index contributed by atoms with van der Waals surface area (Å²) in [4.78, 5) is 0.735. The second-order valence-corrected chi connectivity index (χ2v) is 5.04. The van der Waals surface area contributed by atoms with Crippen molar-refractivity contribution in [3.63, 3.8) is 0 Å². The topological polar surface area (TPSA) is 17.8 Å². The van der Waals surface area contributed by atoms with Crippen molar-refractivity contribution >= 4 is 11.8 Å². The van der Waals surface area contributed by atoms with Gasteiger partial charge >= 0.3 is 0 Å². The molecule has 2 rings (SSSR count). The van der Waals surface area contributed by atoms with Gasteiger partial charge < -0.3 is 0 Å². The maximum Gasteiger partial charge on any atom is 0.136 e. The van der Waals surface area contributed by atoms with Crippen LogP contribution in [0.25, 0.3) is 0 Å². The lowest BCUT2D eigenvalue weighted by atomic mass is 10.2. The molecule has 0 aliphatic rings. The van der Waals surface area contributed by atoms with Gasteiger partial charge in [-0.25, -0.2) is 4.39 Å². The van der Waals surface area contributed by atoms with Gasteiger partial charge in [-0.1, -0.05) is 12.1 Å². The number of halogens is 1. The molecule has 0 spiro atoms. The summed E-state index contributed by atoms with van der Waals surface area (Å²) in [5.74, 6) is 0.800. The summed E-state index contributed by atoms with van der Waals surface area (Å²) < 4.78 is 15.1. The molecule has 0 saturated carbocycles. The molecule has 0 aliphatic carbocycles. The first-order chi connectivity index (χ1) is 8.25. The first kappa shape index (κ1) is 12.2. The van der Waals surface area contributed by atoms with Crippen LogP contribution in [0, 0.1) is 5.82 Å². The Morgan fingerprint density at radius 3 is 2.88 bits per heavy atom. The van der Waals surface area contributed by atoms with Crippen LogP contribution in [-0.4, -0.2) is 15.5 Å². The molecule has 17 heavy (non-hydrogen) atoms. The minimum absolute atomic E-state index is 0.126. The van der Waals surface area contributed by atoms with Crippen LogP contribution in [0.5, 0.6) is 0 Å². The number of aromatic nitrogens is 2. The Hall–Kier alpha value is -1.29. The van der Waals surface area contributed by atoms with Crippen molar-refractivity contribution in [3.8, 4) is 0 Å². The van der Waals surface area contributed by atoms with E-state index in [1.54, 1.807) is 22.5 Å². The van der Waals surface area contributed by atoms with Crippen molar-refractivity contribution in [2.75, 3.05) is 5.75 Å². The number of hydrogen-bond donors (Lipinski definition) is 0. The average molecular weight is 250 g/mol. The van der Waals surface area contributed by atoms with E-state index in [1.807, 2.05) is 31.6 Å². The van der Waals surface area contributed by atoms with Crippen molar-refractivity contribution in [1.29, 1.82) is 0 Å². The molecule has 0 unspecified atom stereocenters. The van der Waals surface area contributed by atoms with E-state index in [-0.39, 0.29) is 5.82 Å². The zero-order valence-corrected chi connectivity index (χ0v) is 10.6. The smallest absolute Gasteiger partial charge is 0.136 e. The minimum atomic E-state index is -0.126. The van der Waals surface area contributed by atoms with Crippen LogP contribution < -0.4 is 0 Å². The molecule has 0 N–H and O–H groups in total. The molecule has 0 fully saturated rings. The Kier molecular flexibility index (Phi) is 4.20. The Morgan fingerprint density at radius 1 is 1.35 bits per heavy atom. The number of benzene rings is 1. The maximum atomic E-state index is 13.3. The van der Waals surface area contributed by atoms with Crippen molar-refractivity contribution in [1.82, 2.24) is 9.78 Å². The van der Waals surface area contributed by atoms with E-state index in [4.69, 9.17) is 0 Å². The summed E-state index contributed by atoms with van der Waals surface area (Å²) in [7, 11) is 1.91. The van der Waals surface area contributed by atoms with Gasteiger partial charge in [0.05, 0.1) is 6.20 Å². The molecule has 0 radical (unpaired) electrons. The van der Waals surface area contributed by atoms with Crippen LogP contribution in [0.3, 0.4) is 0 Å². The van der Waals surface area contributed by atoms with Gasteiger partial charge in [0.25, 0.3) is 0 Å². The van der Waals surface area contributed by atoms with Gasteiger partial charge in [0.1, 0.15) is 5.82 Å². The van der Waals surface area contributed by atoms with Crippen LogP contribution in [0.4, 0.5) is 4.39 Å². The molecule has 1 heterocycles. The van der Waals surface area contributed by atoms with Crippen molar-refractivity contribution in [3.05, 3.63) is 48.0 Å². The summed E-state index contributed by atoms with van der Waals surface area (Å²) in [5.41, 5.74) is 1.24. The third-order valence-corrected chi connectivity index (χ3v) is 3.60. The van der Waals surface area contributed by atoms with Gasteiger partial charge in [-0.2, -0.15) is 5.10 Å². The van der Waals surface area contributed by atoms with Gasteiger partial charge in [-0.05, 0) is 36.3 Å². The normalized spacial score (nSPS) is 10.7. The minimum Gasteiger partial charge on any atom is -0.276 e. The molecule has 4 heteroatoms. The largest absolute Gasteiger partial charge is 0.276 e. The molecule has 1 aromatic heterocycles. The highest BCUT2D eigenvalue weighted by Gasteiger charge is 2.01. The maximum absolute atomic E-state index is 13.3. The molecule has 2 aromatic rings. The molecule has 0 aliphatic heterocycles. The summed E-state index contributed by atoms with van der Waals surface area (Å²) in [5, 5.41) is 4.12. The third-order valence-electron chi connectivity index (χ3n) is 2.46. The molecule has 1 aromatic carbocycles. The Morgan fingerprint density at radius 2 is 2.18 bits per heavy atom. The first-order valence-electron chi connectivity index (χ1n) is 5.60. The van der Waals surface area contributed by atoms with Crippen LogP contribution in [-0.2, 0) is 13.5 Å². The molecule has 0 atom stereocenters. The van der Waals surface area contributed by atoms with Crippen molar-refractivity contribution in [2.24, 2.45) is 7.05 Å². The van der Waals surface area contributed by atoms with Gasteiger partial charge in [0.2, 0.25) is 0 Å². The quantitative estimate of drug-likeness (QED) is 0.598. The third kappa shape index (κ3) is 3.60. The predicted octanol–water partition coefficient (Wildman–Crippen LogP) is 3.28. The Balaban J connectivity index is 1.75. The fraction of sp³-hybridized carbons (Fsp3) is 0.308. The van der Waals surface area contributed by atoms with E-state index < -0.39 is 0 Å². The highest BCUT2D eigenvalue weighted by molar-refractivity contribution is 7.99. The van der Waals surface area contributed by atoms with Crippen molar-refractivity contribution in [2.45, 2.75) is 17.7 Å². The van der Waals surface area contributed by atoms with Crippen LogP contribution in [0.1, 0.15) is 12.0 Å². The number of aryl methyl sites for hydroxylation is 2. The van der Waals surface area contributed by atoms with Crippen LogP contribution >= 0.6 is 11.8 Å². The standard InChI is InChI=1S/C13H15FN2S/c1-16-10-11(9-15-16)5-4-8-17-13-7-3-2-6-12(13)14/h2-3,6-7,9-10H,4-5,8H2,1H3. The van der Waals surface area contributed by atoms with Crippen LogP contribution in [0.2, 0.25) is 0 Å². The van der Waals surface area contributed by atoms with E-state index in [2.05, 4.69) is 5.10 Å². The summed E-state index contributed by atoms with van der Waals surface area (Å²) >= 11 is 1.57. The zero-order chi connectivity index (χ0) is 12.1. The lowest BCUT2D eigenvalue weighted by Crippen LogP contribution is -1.88. The number of rotatable bonds is 5. The summed E-state index contributed by atoms with van der Waals surface area (Å²) in [6.45, 7) is 0. The Bertz CT molecular complexity index is 482. The van der Waals surface area contributed by atoms with E-state index in [0.29, 0.717) is 0 Å². The first-order valence-corrected chi connectivity index (χ1v) is 6.59. The van der Waals surface area contributed by atoms with Crippen molar-refractivity contribution < 1.29 is 4.39 Å². The van der Waals surface area contributed by atoms with Gasteiger partial charge in [-0.3, -0.25) is 4.68 Å². The van der Waals surface area contributed by atoms with Gasteiger partial charge in [-0.15, -0.1) is 11.8 Å². The van der Waals surface area contributed by atoms with E-state index in [0.717, 1.165) is 23.5 Å². The second-order valence-electron chi connectivity index (χ2n) is 3.90. The summed E-state index contributed by atoms with van der Waals surface area (Å²) in [6, 6.07) is 6.91. The summed E-state index contributed by atoms with van der Waals surface area (Å²) in [6.07, 6.45) is 5.93. The van der Waals surface area contributed by atoms with E-state index >= 15 is 0 Å². The van der Waals surface area contributed by atoms with E-state index in [1.165, 1.54) is 11.6 Å². The highest BCUT2D eigenvalue weighted by atomic mass is 32.2. The molecular formula is C13H15FN2S. The number of thioether (sulfide) groups is 1. The Labute approximate surface area is 105 Å². The number of hydrogen-bond acceptors (Lipinski definition) is 2. The fourth-order valence-electron chi connectivity index (χ4n) is 1.62. The predicted molar refractivity (Wildman–Crippen MR) is 68.7 cm³/mol. The SMILES string of the molecule is Cn1cc(CCCSc2ccccc2F)cn1. The van der Waals surface area contributed by atoms with Gasteiger partial charge in [0.15, 0.2) is 0 Å². The second kappa shape index (κ2) is 5.87. The highest BCUT2D eigenvalue weighted by Crippen LogP contribution is 2.22. The molecule has 2 nitrogen and oxygen atoms in total. The lowest BCUT2D eigenvalue weighted by molar-refractivity contribution is 0.602. The molecule has 0 bridgehead atoms. The average Bonchev–Trinajstić information content (AvgIpc) is 2.73.